The predicted octanol–water partition coefficient (Wildman–Crippen LogP) is 5.17. The van der Waals surface area contributed by atoms with Crippen molar-refractivity contribution in [2.24, 2.45) is 0 Å². The molecule has 7 heteroatoms. The van der Waals surface area contributed by atoms with Gasteiger partial charge in [0.05, 0.1) is 19.4 Å². The van der Waals surface area contributed by atoms with Crippen molar-refractivity contribution < 1.29 is 23.1 Å². The summed E-state index contributed by atoms with van der Waals surface area (Å²) in [6, 6.07) is 17.5. The van der Waals surface area contributed by atoms with Crippen LogP contribution < -0.4 is 4.74 Å². The first-order chi connectivity index (χ1) is 16.0. The summed E-state index contributed by atoms with van der Waals surface area (Å²) in [7, 11) is 1.34. The Labute approximate surface area is 191 Å². The number of oxazole rings is 1. The average Bonchev–Trinajstić information content (AvgIpc) is 3.49. The number of nitrogens with zero attached hydrogens (tertiary/aromatic N) is 2. The molecule has 1 atom stereocenters. The number of aromatic nitrogens is 2. The molecule has 0 unspecified atom stereocenters. The van der Waals surface area contributed by atoms with Crippen molar-refractivity contribution in [2.45, 2.75) is 25.8 Å². The van der Waals surface area contributed by atoms with Gasteiger partial charge in [0.1, 0.15) is 11.8 Å². The minimum absolute atomic E-state index is 0.152. The van der Waals surface area contributed by atoms with Crippen LogP contribution >= 0.6 is 0 Å². The standard InChI is InChI=1S/C26H25FN2O4/c1-18-22(28-25(33-18)20-8-4-3-5-9-20)12-15-32-24-11-10-19(16-21(24)27)17-23(26(30)31-2)29-13-6-7-14-29/h3-11,13-14,16,23H,12,15,17H2,1-2H3/t23-/m0/s1. The second kappa shape index (κ2) is 10.2. The Balaban J connectivity index is 1.38. The molecule has 170 valence electrons. The van der Waals surface area contributed by atoms with E-state index in [2.05, 4.69) is 4.98 Å². The summed E-state index contributed by atoms with van der Waals surface area (Å²) in [4.78, 5) is 16.7. The quantitative estimate of drug-likeness (QED) is 0.331. The number of esters is 1. The van der Waals surface area contributed by atoms with E-state index in [0.717, 1.165) is 11.3 Å². The number of ether oxygens (including phenoxy) is 2. The Hall–Kier alpha value is -3.87. The Morgan fingerprint density at radius 2 is 1.88 bits per heavy atom. The highest BCUT2D eigenvalue weighted by atomic mass is 19.1. The van der Waals surface area contributed by atoms with Crippen LogP contribution in [0, 0.1) is 12.7 Å². The number of carbonyl (C=O) groups excluding carboxylic acids is 1. The molecule has 0 N–H and O–H groups in total. The zero-order valence-corrected chi connectivity index (χ0v) is 18.5. The molecule has 0 aliphatic heterocycles. The molecule has 0 saturated carbocycles. The number of rotatable bonds is 9. The maximum atomic E-state index is 14.7. The number of aryl methyl sites for hydroxylation is 1. The summed E-state index contributed by atoms with van der Waals surface area (Å²) < 4.78 is 32.7. The normalized spacial score (nSPS) is 11.8. The zero-order chi connectivity index (χ0) is 23.2. The molecule has 0 amide bonds. The highest BCUT2D eigenvalue weighted by Gasteiger charge is 2.21. The van der Waals surface area contributed by atoms with Crippen molar-refractivity contribution in [1.29, 1.82) is 0 Å². The van der Waals surface area contributed by atoms with E-state index >= 15 is 0 Å². The van der Waals surface area contributed by atoms with Gasteiger partial charge in [0.15, 0.2) is 11.6 Å². The molecule has 2 heterocycles. The summed E-state index contributed by atoms with van der Waals surface area (Å²) in [6.45, 7) is 2.11. The van der Waals surface area contributed by atoms with Crippen molar-refractivity contribution in [1.82, 2.24) is 9.55 Å². The molecule has 2 aromatic heterocycles. The van der Waals surface area contributed by atoms with Crippen LogP contribution in [0.4, 0.5) is 4.39 Å². The fraction of sp³-hybridized carbons (Fsp3) is 0.231. The van der Waals surface area contributed by atoms with E-state index in [-0.39, 0.29) is 18.3 Å². The largest absolute Gasteiger partial charge is 0.490 e. The number of halogens is 1. The lowest BCUT2D eigenvalue weighted by molar-refractivity contribution is -0.144. The summed E-state index contributed by atoms with van der Waals surface area (Å²) in [5, 5.41) is 0. The fourth-order valence-electron chi connectivity index (χ4n) is 3.64. The molecule has 4 aromatic rings. The Kier molecular flexibility index (Phi) is 6.88. The molecule has 4 rings (SSSR count). The van der Waals surface area contributed by atoms with E-state index in [0.29, 0.717) is 30.1 Å². The number of methoxy groups -OCH3 is 1. The number of carbonyl (C=O) groups is 1. The van der Waals surface area contributed by atoms with Crippen molar-refractivity contribution in [3.8, 4) is 17.2 Å². The molecule has 0 fully saturated rings. The van der Waals surface area contributed by atoms with Crippen molar-refractivity contribution in [3.63, 3.8) is 0 Å². The molecule has 0 bridgehead atoms. The van der Waals surface area contributed by atoms with Crippen LogP contribution in [0.3, 0.4) is 0 Å². The van der Waals surface area contributed by atoms with Crippen LogP contribution in [0.1, 0.15) is 23.1 Å². The van der Waals surface area contributed by atoms with Gasteiger partial charge in [-0.05, 0) is 48.9 Å². The van der Waals surface area contributed by atoms with Gasteiger partial charge in [-0.15, -0.1) is 0 Å². The summed E-state index contributed by atoms with van der Waals surface area (Å²) in [5.41, 5.74) is 2.35. The third-order valence-electron chi connectivity index (χ3n) is 5.40. The van der Waals surface area contributed by atoms with Gasteiger partial charge in [-0.3, -0.25) is 0 Å². The van der Waals surface area contributed by atoms with E-state index in [1.165, 1.54) is 13.2 Å². The van der Waals surface area contributed by atoms with Gasteiger partial charge in [0.25, 0.3) is 0 Å². The Bertz CT molecular complexity index is 1200. The van der Waals surface area contributed by atoms with Crippen molar-refractivity contribution in [2.75, 3.05) is 13.7 Å². The number of hydrogen-bond donors (Lipinski definition) is 0. The second-order valence-electron chi connectivity index (χ2n) is 7.62. The first-order valence-electron chi connectivity index (χ1n) is 10.7. The molecule has 0 aliphatic rings. The molecule has 0 radical (unpaired) electrons. The molecule has 0 saturated heterocycles. The predicted molar refractivity (Wildman–Crippen MR) is 121 cm³/mol. The average molecular weight is 448 g/mol. The van der Waals surface area contributed by atoms with Crippen LogP contribution in [-0.2, 0) is 22.4 Å². The van der Waals surface area contributed by atoms with Gasteiger partial charge in [0.2, 0.25) is 5.89 Å². The molecule has 0 aliphatic carbocycles. The van der Waals surface area contributed by atoms with E-state index in [9.17, 15) is 9.18 Å². The summed E-state index contributed by atoms with van der Waals surface area (Å²) in [6.07, 6.45) is 4.36. The zero-order valence-electron chi connectivity index (χ0n) is 18.5. The van der Waals surface area contributed by atoms with Gasteiger partial charge >= 0.3 is 5.97 Å². The molecule has 6 nitrogen and oxygen atoms in total. The van der Waals surface area contributed by atoms with Crippen LogP contribution in [-0.4, -0.2) is 29.2 Å². The minimum Gasteiger partial charge on any atom is -0.490 e. The van der Waals surface area contributed by atoms with Gasteiger partial charge in [0, 0.05) is 30.8 Å². The van der Waals surface area contributed by atoms with Gasteiger partial charge < -0.3 is 18.5 Å². The summed E-state index contributed by atoms with van der Waals surface area (Å²) in [5.74, 6) is 0.558. The maximum absolute atomic E-state index is 14.7. The molecular formula is C26H25FN2O4. The smallest absolute Gasteiger partial charge is 0.329 e. The van der Waals surface area contributed by atoms with E-state index in [4.69, 9.17) is 13.9 Å². The van der Waals surface area contributed by atoms with Crippen LogP contribution in [0.25, 0.3) is 11.5 Å². The number of benzene rings is 2. The maximum Gasteiger partial charge on any atom is 0.329 e. The Morgan fingerprint density at radius 1 is 1.12 bits per heavy atom. The van der Waals surface area contributed by atoms with Gasteiger partial charge in [-0.25, -0.2) is 14.2 Å². The molecular weight excluding hydrogens is 423 g/mol. The lowest BCUT2D eigenvalue weighted by Gasteiger charge is -2.17. The third kappa shape index (κ3) is 5.31. The lowest BCUT2D eigenvalue weighted by Crippen LogP contribution is -2.22. The summed E-state index contributed by atoms with van der Waals surface area (Å²) >= 11 is 0. The van der Waals surface area contributed by atoms with Gasteiger partial charge in [-0.1, -0.05) is 24.3 Å². The second-order valence-corrected chi connectivity index (χ2v) is 7.62. The first-order valence-corrected chi connectivity index (χ1v) is 10.7. The fourth-order valence-corrected chi connectivity index (χ4v) is 3.64. The highest BCUT2D eigenvalue weighted by molar-refractivity contribution is 5.74. The molecule has 2 aromatic carbocycles. The highest BCUT2D eigenvalue weighted by Crippen LogP contribution is 2.24. The first kappa shape index (κ1) is 22.3. The monoisotopic (exact) mass is 448 g/mol. The van der Waals surface area contributed by atoms with Crippen LogP contribution in [0.15, 0.2) is 77.5 Å². The third-order valence-corrected chi connectivity index (χ3v) is 5.40. The number of hydrogen-bond acceptors (Lipinski definition) is 5. The van der Waals surface area contributed by atoms with Crippen LogP contribution in [0.2, 0.25) is 0 Å². The van der Waals surface area contributed by atoms with Crippen LogP contribution in [0.5, 0.6) is 5.75 Å². The van der Waals surface area contributed by atoms with Crippen molar-refractivity contribution >= 4 is 5.97 Å². The molecule has 33 heavy (non-hydrogen) atoms. The van der Waals surface area contributed by atoms with Crippen molar-refractivity contribution in [3.05, 3.63) is 95.9 Å². The molecule has 0 spiro atoms. The topological polar surface area (TPSA) is 66.5 Å². The lowest BCUT2D eigenvalue weighted by atomic mass is 10.1. The Morgan fingerprint density at radius 3 is 2.58 bits per heavy atom. The van der Waals surface area contributed by atoms with Gasteiger partial charge in [-0.2, -0.15) is 0 Å². The van der Waals surface area contributed by atoms with E-state index < -0.39 is 11.9 Å². The SMILES string of the molecule is COC(=O)[C@H](Cc1ccc(OCCc2nc(-c3ccccc3)oc2C)c(F)c1)n1cccc1. The van der Waals surface area contributed by atoms with E-state index in [1.54, 1.807) is 29.1 Å². The van der Waals surface area contributed by atoms with E-state index in [1.807, 2.05) is 49.4 Å². The minimum atomic E-state index is -0.565.